The van der Waals surface area contributed by atoms with Gasteiger partial charge in [-0.1, -0.05) is 30.3 Å². The first kappa shape index (κ1) is 19.4. The topological polar surface area (TPSA) is 58.1 Å². The summed E-state index contributed by atoms with van der Waals surface area (Å²) in [6.07, 6.45) is 0. The molecule has 1 amide bonds. The number of carbonyl (C=O) groups excluding carboxylic acids is 1. The second kappa shape index (κ2) is 8.56. The number of hydrogen-bond acceptors (Lipinski definition) is 4. The first-order valence-corrected chi connectivity index (χ1v) is 8.97. The van der Waals surface area contributed by atoms with Crippen molar-refractivity contribution in [2.24, 2.45) is 0 Å². The van der Waals surface area contributed by atoms with Gasteiger partial charge in [0.15, 0.2) is 5.82 Å². The second-order valence-corrected chi connectivity index (χ2v) is 6.05. The molecule has 144 valence electrons. The molecule has 7 heteroatoms. The summed E-state index contributed by atoms with van der Waals surface area (Å²) in [5.74, 6) is -1.09. The standard InChI is InChI=1S/C21H20F2N4O/c1-3-27(4-2)21(28)18-13-19(24-17-11-10-15(22)12-16(17)23)26-20(25-18)14-8-6-5-7-9-14/h5-13H,3-4H2,1-2H3,(H,24,25,26). The SMILES string of the molecule is CCN(CC)C(=O)c1cc(Nc2ccc(F)cc2F)nc(-c2ccccc2)n1. The lowest BCUT2D eigenvalue weighted by Crippen LogP contribution is -2.31. The molecule has 0 atom stereocenters. The van der Waals surface area contributed by atoms with Crippen LogP contribution < -0.4 is 5.32 Å². The Bertz CT molecular complexity index is 975. The Morgan fingerprint density at radius 2 is 1.71 bits per heavy atom. The molecule has 3 aromatic rings. The highest BCUT2D eigenvalue weighted by molar-refractivity contribution is 5.93. The fourth-order valence-electron chi connectivity index (χ4n) is 2.74. The molecule has 1 heterocycles. The Kier molecular flexibility index (Phi) is 5.93. The highest BCUT2D eigenvalue weighted by Gasteiger charge is 2.18. The van der Waals surface area contributed by atoms with Crippen molar-refractivity contribution in [3.63, 3.8) is 0 Å². The van der Waals surface area contributed by atoms with Crippen LogP contribution in [-0.4, -0.2) is 33.9 Å². The summed E-state index contributed by atoms with van der Waals surface area (Å²) in [6.45, 7) is 4.84. The summed E-state index contributed by atoms with van der Waals surface area (Å²) < 4.78 is 27.2. The van der Waals surface area contributed by atoms with E-state index in [-0.39, 0.29) is 23.1 Å². The van der Waals surface area contributed by atoms with Crippen LogP contribution in [0.4, 0.5) is 20.3 Å². The van der Waals surface area contributed by atoms with Gasteiger partial charge >= 0.3 is 0 Å². The van der Waals surface area contributed by atoms with Gasteiger partial charge in [-0.15, -0.1) is 0 Å². The monoisotopic (exact) mass is 382 g/mol. The Labute approximate surface area is 162 Å². The van der Waals surface area contributed by atoms with Crippen LogP contribution in [0.5, 0.6) is 0 Å². The summed E-state index contributed by atoms with van der Waals surface area (Å²) in [4.78, 5) is 23.2. The van der Waals surface area contributed by atoms with Crippen molar-refractivity contribution >= 4 is 17.4 Å². The molecule has 28 heavy (non-hydrogen) atoms. The van der Waals surface area contributed by atoms with Crippen molar-refractivity contribution in [3.05, 3.63) is 71.9 Å². The largest absolute Gasteiger partial charge is 0.338 e. The fraction of sp³-hybridized carbons (Fsp3) is 0.190. The van der Waals surface area contributed by atoms with E-state index in [0.717, 1.165) is 17.7 Å². The second-order valence-electron chi connectivity index (χ2n) is 6.05. The number of anilines is 2. The molecule has 5 nitrogen and oxygen atoms in total. The van der Waals surface area contributed by atoms with E-state index in [4.69, 9.17) is 0 Å². The van der Waals surface area contributed by atoms with Gasteiger partial charge < -0.3 is 10.2 Å². The molecule has 0 unspecified atom stereocenters. The van der Waals surface area contributed by atoms with Gasteiger partial charge in [-0.05, 0) is 26.0 Å². The highest BCUT2D eigenvalue weighted by atomic mass is 19.1. The van der Waals surface area contributed by atoms with Crippen molar-refractivity contribution in [1.82, 2.24) is 14.9 Å². The van der Waals surface area contributed by atoms with Crippen LogP contribution in [0, 0.1) is 11.6 Å². The Morgan fingerprint density at radius 1 is 1.00 bits per heavy atom. The average molecular weight is 382 g/mol. The summed E-state index contributed by atoms with van der Waals surface area (Å²) in [6, 6.07) is 13.9. The smallest absolute Gasteiger partial charge is 0.272 e. The molecule has 0 saturated heterocycles. The predicted molar refractivity (Wildman–Crippen MR) is 104 cm³/mol. The lowest BCUT2D eigenvalue weighted by Gasteiger charge is -2.19. The van der Waals surface area contributed by atoms with Gasteiger partial charge in [-0.3, -0.25) is 4.79 Å². The molecular formula is C21H20F2N4O. The zero-order chi connectivity index (χ0) is 20.1. The number of nitrogens with zero attached hydrogens (tertiary/aromatic N) is 3. The zero-order valence-electron chi connectivity index (χ0n) is 15.6. The first-order chi connectivity index (χ1) is 13.5. The van der Waals surface area contributed by atoms with Gasteiger partial charge in [0.25, 0.3) is 5.91 Å². The third kappa shape index (κ3) is 4.31. The van der Waals surface area contributed by atoms with E-state index >= 15 is 0 Å². The molecule has 0 aliphatic heterocycles. The van der Waals surface area contributed by atoms with Gasteiger partial charge in [0.2, 0.25) is 0 Å². The van der Waals surface area contributed by atoms with Crippen LogP contribution in [0.2, 0.25) is 0 Å². The molecular weight excluding hydrogens is 362 g/mol. The molecule has 0 bridgehead atoms. The number of amides is 1. The van der Waals surface area contributed by atoms with Crippen molar-refractivity contribution in [3.8, 4) is 11.4 Å². The molecule has 0 aliphatic carbocycles. The molecule has 0 fully saturated rings. The molecule has 3 rings (SSSR count). The van der Waals surface area contributed by atoms with Crippen molar-refractivity contribution in [2.45, 2.75) is 13.8 Å². The summed E-state index contributed by atoms with van der Waals surface area (Å²) in [5.41, 5.74) is 0.974. The normalized spacial score (nSPS) is 10.6. The number of halogens is 2. The average Bonchev–Trinajstić information content (AvgIpc) is 2.71. The number of rotatable bonds is 6. The molecule has 0 radical (unpaired) electrons. The lowest BCUT2D eigenvalue weighted by atomic mass is 10.2. The van der Waals surface area contributed by atoms with Crippen molar-refractivity contribution in [1.29, 1.82) is 0 Å². The van der Waals surface area contributed by atoms with Gasteiger partial charge in [0.05, 0.1) is 5.69 Å². The van der Waals surface area contributed by atoms with Gasteiger partial charge in [-0.2, -0.15) is 0 Å². The van der Waals surface area contributed by atoms with E-state index < -0.39 is 11.6 Å². The lowest BCUT2D eigenvalue weighted by molar-refractivity contribution is 0.0767. The minimum absolute atomic E-state index is 0.0559. The highest BCUT2D eigenvalue weighted by Crippen LogP contribution is 2.23. The molecule has 0 aliphatic rings. The minimum Gasteiger partial charge on any atom is -0.338 e. The number of nitrogens with one attached hydrogen (secondary N) is 1. The zero-order valence-corrected chi connectivity index (χ0v) is 15.6. The van der Waals surface area contributed by atoms with E-state index in [9.17, 15) is 13.6 Å². The quantitative estimate of drug-likeness (QED) is 0.674. The summed E-state index contributed by atoms with van der Waals surface area (Å²) >= 11 is 0. The van der Waals surface area contributed by atoms with Crippen LogP contribution in [-0.2, 0) is 0 Å². The van der Waals surface area contributed by atoms with Gasteiger partial charge in [0, 0.05) is 30.8 Å². The number of aromatic nitrogens is 2. The number of benzene rings is 2. The van der Waals surface area contributed by atoms with Crippen LogP contribution in [0.25, 0.3) is 11.4 Å². The molecule has 0 spiro atoms. The molecule has 2 aromatic carbocycles. The number of hydrogen-bond donors (Lipinski definition) is 1. The fourth-order valence-corrected chi connectivity index (χ4v) is 2.74. The third-order valence-electron chi connectivity index (χ3n) is 4.22. The Morgan fingerprint density at radius 3 is 2.36 bits per heavy atom. The van der Waals surface area contributed by atoms with E-state index in [0.29, 0.717) is 18.9 Å². The molecule has 1 N–H and O–H groups in total. The van der Waals surface area contributed by atoms with Crippen LogP contribution in [0.3, 0.4) is 0 Å². The molecule has 0 saturated carbocycles. The van der Waals surface area contributed by atoms with E-state index in [1.54, 1.807) is 4.90 Å². The number of carbonyl (C=O) groups is 1. The van der Waals surface area contributed by atoms with Gasteiger partial charge in [-0.25, -0.2) is 18.7 Å². The first-order valence-electron chi connectivity index (χ1n) is 8.97. The van der Waals surface area contributed by atoms with Crippen LogP contribution in [0.15, 0.2) is 54.6 Å². The summed E-state index contributed by atoms with van der Waals surface area (Å²) in [5, 5.41) is 2.82. The van der Waals surface area contributed by atoms with E-state index in [1.165, 1.54) is 12.1 Å². The van der Waals surface area contributed by atoms with E-state index in [1.807, 2.05) is 44.2 Å². The maximum absolute atomic E-state index is 14.0. The van der Waals surface area contributed by atoms with Gasteiger partial charge in [0.1, 0.15) is 23.1 Å². The maximum Gasteiger partial charge on any atom is 0.272 e. The predicted octanol–water partition coefficient (Wildman–Crippen LogP) is 4.65. The third-order valence-corrected chi connectivity index (χ3v) is 4.22. The van der Waals surface area contributed by atoms with Crippen LogP contribution in [0.1, 0.15) is 24.3 Å². The van der Waals surface area contributed by atoms with Crippen molar-refractivity contribution < 1.29 is 13.6 Å². The molecule has 1 aromatic heterocycles. The Hall–Kier alpha value is -3.35. The van der Waals surface area contributed by atoms with E-state index in [2.05, 4.69) is 15.3 Å². The Balaban J connectivity index is 2.05. The summed E-state index contributed by atoms with van der Waals surface area (Å²) in [7, 11) is 0. The van der Waals surface area contributed by atoms with Crippen LogP contribution >= 0.6 is 0 Å². The van der Waals surface area contributed by atoms with Crippen molar-refractivity contribution in [2.75, 3.05) is 18.4 Å². The maximum atomic E-state index is 14.0. The minimum atomic E-state index is -0.753.